The fraction of sp³-hybridized carbons (Fsp3) is 0. The Bertz CT molecular complexity index is 709. The van der Waals surface area contributed by atoms with Gasteiger partial charge in [0.1, 0.15) is 21.9 Å². The Morgan fingerprint density at radius 1 is 1.20 bits per heavy atom. The topological polar surface area (TPSA) is 61.0 Å². The summed E-state index contributed by atoms with van der Waals surface area (Å²) in [4.78, 5) is 9.83. The Hall–Kier alpha value is -1.32. The third-order valence-corrected chi connectivity index (χ3v) is 3.71. The summed E-state index contributed by atoms with van der Waals surface area (Å²) in [5.41, 5.74) is -1.36. The van der Waals surface area contributed by atoms with Crippen LogP contribution in [0.5, 0.6) is 0 Å². The van der Waals surface area contributed by atoms with Gasteiger partial charge >= 0.3 is 5.69 Å². The van der Waals surface area contributed by atoms with Crippen molar-refractivity contribution in [2.45, 2.75) is 0 Å². The zero-order valence-electron chi connectivity index (χ0n) is 9.00. The van der Waals surface area contributed by atoms with Crippen molar-refractivity contribution in [3.63, 3.8) is 0 Å². The summed E-state index contributed by atoms with van der Waals surface area (Å²) in [7, 11) is 0. The Balaban J connectivity index is 2.80. The largest absolute Gasteiger partial charge is 0.321 e. The van der Waals surface area contributed by atoms with Gasteiger partial charge in [-0.25, -0.2) is 17.9 Å². The summed E-state index contributed by atoms with van der Waals surface area (Å²) in [5.74, 6) is -4.65. The third-order valence-electron chi connectivity index (χ3n) is 2.29. The first-order valence-corrected chi connectivity index (χ1v) is 6.22. The molecule has 106 valence electrons. The number of aromatic nitrogens is 2. The van der Waals surface area contributed by atoms with Gasteiger partial charge in [-0.1, -0.05) is 23.2 Å². The van der Waals surface area contributed by atoms with Crippen LogP contribution in [0.4, 0.5) is 18.9 Å². The van der Waals surface area contributed by atoms with Crippen LogP contribution in [0.25, 0.3) is 5.69 Å². The van der Waals surface area contributed by atoms with Gasteiger partial charge in [0.05, 0.1) is 4.92 Å². The molecule has 1 aromatic heterocycles. The Labute approximate surface area is 127 Å². The number of halogens is 6. The summed E-state index contributed by atoms with van der Waals surface area (Å²) >= 11 is 13.6. The molecule has 0 saturated carbocycles. The molecule has 20 heavy (non-hydrogen) atoms. The molecule has 0 bridgehead atoms. The van der Waals surface area contributed by atoms with E-state index in [1.54, 1.807) is 0 Å². The van der Waals surface area contributed by atoms with Gasteiger partial charge in [0.25, 0.3) is 0 Å². The van der Waals surface area contributed by atoms with Crippen LogP contribution in [0.3, 0.4) is 0 Å². The lowest BCUT2D eigenvalue weighted by atomic mass is 10.2. The maximum absolute atomic E-state index is 13.8. The standard InChI is InChI=1S/C9HBrCl2F3N3O2/c10-9-2(18(19)20)1-16-17(9)8-4(12)5(13)3(11)6(14)7(8)15/h1H. The molecule has 0 aliphatic rings. The first-order valence-electron chi connectivity index (χ1n) is 4.67. The van der Waals surface area contributed by atoms with E-state index < -0.39 is 43.8 Å². The van der Waals surface area contributed by atoms with Gasteiger partial charge in [0.15, 0.2) is 22.1 Å². The van der Waals surface area contributed by atoms with Crippen LogP contribution in [-0.4, -0.2) is 14.7 Å². The van der Waals surface area contributed by atoms with Gasteiger partial charge in [-0.3, -0.25) is 10.1 Å². The minimum absolute atomic E-state index is 0.329. The van der Waals surface area contributed by atoms with Crippen LogP contribution in [0, 0.1) is 27.6 Å². The maximum atomic E-state index is 13.8. The number of rotatable bonds is 2. The number of nitro groups is 1. The third kappa shape index (κ3) is 2.15. The molecule has 0 amide bonds. The molecule has 11 heteroatoms. The number of hydrogen-bond donors (Lipinski definition) is 0. The highest BCUT2D eigenvalue weighted by atomic mass is 79.9. The van der Waals surface area contributed by atoms with E-state index in [0.29, 0.717) is 4.68 Å². The first-order chi connectivity index (χ1) is 9.27. The normalized spacial score (nSPS) is 10.9. The van der Waals surface area contributed by atoms with Crippen molar-refractivity contribution in [2.24, 2.45) is 0 Å². The molecular formula is C9HBrCl2F3N3O2. The fourth-order valence-electron chi connectivity index (χ4n) is 1.38. The van der Waals surface area contributed by atoms with Gasteiger partial charge in [-0.2, -0.15) is 5.10 Å². The zero-order valence-corrected chi connectivity index (χ0v) is 12.1. The average Bonchev–Trinajstić information content (AvgIpc) is 2.77. The lowest BCUT2D eigenvalue weighted by molar-refractivity contribution is -0.385. The zero-order chi connectivity index (χ0) is 15.2. The predicted octanol–water partition coefficient (Wildman–Crippen LogP) is 4.27. The van der Waals surface area contributed by atoms with E-state index in [0.717, 1.165) is 6.20 Å². The molecule has 0 spiro atoms. The van der Waals surface area contributed by atoms with Crippen molar-refractivity contribution in [3.8, 4) is 5.69 Å². The molecule has 0 aliphatic carbocycles. The molecule has 0 radical (unpaired) electrons. The van der Waals surface area contributed by atoms with Crippen LogP contribution in [-0.2, 0) is 0 Å². The Kier molecular flexibility index (Phi) is 3.94. The number of nitrogens with zero attached hydrogens (tertiary/aromatic N) is 3. The van der Waals surface area contributed by atoms with Crippen molar-refractivity contribution in [2.75, 3.05) is 0 Å². The minimum atomic E-state index is -1.67. The summed E-state index contributed by atoms with van der Waals surface area (Å²) in [6.07, 6.45) is 0.768. The molecule has 1 heterocycles. The second kappa shape index (κ2) is 5.23. The fourth-order valence-corrected chi connectivity index (χ4v) is 2.38. The van der Waals surface area contributed by atoms with E-state index in [4.69, 9.17) is 23.2 Å². The van der Waals surface area contributed by atoms with E-state index in [2.05, 4.69) is 21.0 Å². The average molecular weight is 391 g/mol. The highest BCUT2D eigenvalue weighted by molar-refractivity contribution is 9.10. The molecular weight excluding hydrogens is 390 g/mol. The first kappa shape index (κ1) is 15.1. The van der Waals surface area contributed by atoms with Crippen molar-refractivity contribution < 1.29 is 18.1 Å². The number of hydrogen-bond acceptors (Lipinski definition) is 3. The molecule has 5 nitrogen and oxygen atoms in total. The predicted molar refractivity (Wildman–Crippen MR) is 67.8 cm³/mol. The SMILES string of the molecule is O=[N+]([O-])c1cnn(-c2c(F)c(F)c(Cl)c(F)c2Cl)c1Br. The molecule has 0 unspecified atom stereocenters. The molecule has 2 aromatic rings. The summed E-state index contributed by atoms with van der Waals surface area (Å²) in [6.45, 7) is 0. The van der Waals surface area contributed by atoms with Crippen molar-refractivity contribution >= 4 is 44.8 Å². The van der Waals surface area contributed by atoms with E-state index in [-0.39, 0.29) is 4.60 Å². The smallest absolute Gasteiger partial charge is 0.258 e. The lowest BCUT2D eigenvalue weighted by Gasteiger charge is -2.10. The van der Waals surface area contributed by atoms with Crippen molar-refractivity contribution in [3.05, 3.63) is 48.4 Å². The van der Waals surface area contributed by atoms with Gasteiger partial charge in [0, 0.05) is 0 Å². The molecule has 0 fully saturated rings. The lowest BCUT2D eigenvalue weighted by Crippen LogP contribution is -2.06. The summed E-state index contributed by atoms with van der Waals surface area (Å²) < 4.78 is 41.0. The van der Waals surface area contributed by atoms with Crippen LogP contribution in [0.2, 0.25) is 10.0 Å². The quantitative estimate of drug-likeness (QED) is 0.333. The Morgan fingerprint density at radius 3 is 2.30 bits per heavy atom. The summed E-state index contributed by atoms with van der Waals surface area (Å²) in [6, 6.07) is 0. The molecule has 1 aromatic carbocycles. The summed E-state index contributed by atoms with van der Waals surface area (Å²) in [5, 5.41) is 12.1. The van der Waals surface area contributed by atoms with E-state index in [1.807, 2.05) is 0 Å². The maximum Gasteiger partial charge on any atom is 0.321 e. The molecule has 0 aliphatic heterocycles. The van der Waals surface area contributed by atoms with E-state index in [9.17, 15) is 23.3 Å². The van der Waals surface area contributed by atoms with Gasteiger partial charge in [-0.05, 0) is 15.9 Å². The van der Waals surface area contributed by atoms with Crippen LogP contribution < -0.4 is 0 Å². The molecule has 0 N–H and O–H groups in total. The number of benzene rings is 1. The highest BCUT2D eigenvalue weighted by Gasteiger charge is 2.28. The highest BCUT2D eigenvalue weighted by Crippen LogP contribution is 2.37. The van der Waals surface area contributed by atoms with E-state index in [1.165, 1.54) is 0 Å². The van der Waals surface area contributed by atoms with Crippen LogP contribution >= 0.6 is 39.1 Å². The van der Waals surface area contributed by atoms with Crippen LogP contribution in [0.1, 0.15) is 0 Å². The van der Waals surface area contributed by atoms with Gasteiger partial charge in [-0.15, -0.1) is 0 Å². The van der Waals surface area contributed by atoms with Crippen LogP contribution in [0.15, 0.2) is 10.8 Å². The molecule has 2 rings (SSSR count). The van der Waals surface area contributed by atoms with Crippen molar-refractivity contribution in [1.29, 1.82) is 0 Å². The second-order valence-electron chi connectivity index (χ2n) is 3.41. The molecule has 0 atom stereocenters. The second-order valence-corrected chi connectivity index (χ2v) is 4.92. The van der Waals surface area contributed by atoms with Gasteiger partial charge < -0.3 is 0 Å². The molecule has 0 saturated heterocycles. The van der Waals surface area contributed by atoms with Crippen molar-refractivity contribution in [1.82, 2.24) is 9.78 Å². The monoisotopic (exact) mass is 389 g/mol. The minimum Gasteiger partial charge on any atom is -0.258 e. The van der Waals surface area contributed by atoms with E-state index >= 15 is 0 Å². The van der Waals surface area contributed by atoms with Gasteiger partial charge in [0.2, 0.25) is 0 Å². The Morgan fingerprint density at radius 2 is 1.80 bits per heavy atom.